The molecule has 2 aromatic rings. The summed E-state index contributed by atoms with van der Waals surface area (Å²) in [6.07, 6.45) is 4.12. The van der Waals surface area contributed by atoms with E-state index in [1.807, 2.05) is 11.5 Å². The predicted molar refractivity (Wildman–Crippen MR) is 59.7 cm³/mol. The molecule has 0 aliphatic carbocycles. The first kappa shape index (κ1) is 10.8. The van der Waals surface area contributed by atoms with Crippen LogP contribution in [0, 0.1) is 6.92 Å². The molecule has 0 radical (unpaired) electrons. The molecule has 0 amide bonds. The van der Waals surface area contributed by atoms with Gasteiger partial charge in [-0.25, -0.2) is 4.98 Å². The number of H-pyrrole nitrogens is 1. The third-order valence-corrected chi connectivity index (χ3v) is 2.61. The zero-order chi connectivity index (χ0) is 11.5. The highest BCUT2D eigenvalue weighted by atomic mass is 15.3. The average molecular weight is 220 g/mol. The van der Waals surface area contributed by atoms with Crippen LogP contribution in [-0.2, 0) is 13.0 Å². The maximum absolute atomic E-state index is 6.10. The Balaban J connectivity index is 2.17. The summed E-state index contributed by atoms with van der Waals surface area (Å²) in [4.78, 5) is 7.00. The minimum Gasteiger partial charge on any atom is -0.348 e. The van der Waals surface area contributed by atoms with Crippen LogP contribution in [0.15, 0.2) is 12.5 Å². The number of aromatic nitrogens is 5. The van der Waals surface area contributed by atoms with Crippen LogP contribution in [0.25, 0.3) is 0 Å². The van der Waals surface area contributed by atoms with Crippen LogP contribution in [0.5, 0.6) is 0 Å². The van der Waals surface area contributed by atoms with Crippen LogP contribution in [0.1, 0.15) is 30.3 Å². The normalized spacial score (nSPS) is 12.9. The van der Waals surface area contributed by atoms with Crippen LogP contribution in [-0.4, -0.2) is 24.7 Å². The lowest BCUT2D eigenvalue weighted by molar-refractivity contribution is 0.588. The Bertz CT molecular complexity index is 444. The summed E-state index contributed by atoms with van der Waals surface area (Å²) in [6, 6.07) is -0.151. The fourth-order valence-corrected chi connectivity index (χ4v) is 1.79. The van der Waals surface area contributed by atoms with E-state index in [-0.39, 0.29) is 6.04 Å². The number of imidazole rings is 1. The molecular weight excluding hydrogens is 204 g/mol. The highest BCUT2D eigenvalue weighted by Crippen LogP contribution is 2.13. The van der Waals surface area contributed by atoms with E-state index in [4.69, 9.17) is 5.73 Å². The Kier molecular flexibility index (Phi) is 3.00. The molecule has 3 N–H and O–H groups in total. The van der Waals surface area contributed by atoms with Gasteiger partial charge in [-0.1, -0.05) is 0 Å². The maximum Gasteiger partial charge on any atom is 0.150 e. The van der Waals surface area contributed by atoms with Crippen molar-refractivity contribution >= 4 is 0 Å². The summed E-state index contributed by atoms with van der Waals surface area (Å²) in [5, 5.41) is 8.17. The van der Waals surface area contributed by atoms with Gasteiger partial charge in [0.25, 0.3) is 0 Å². The molecule has 2 aromatic heterocycles. The molecule has 0 aliphatic rings. The predicted octanol–water partition coefficient (Wildman–Crippen LogP) is 0.572. The number of nitrogens with zero attached hydrogens (tertiary/aromatic N) is 4. The van der Waals surface area contributed by atoms with Gasteiger partial charge in [0, 0.05) is 24.9 Å². The van der Waals surface area contributed by atoms with Crippen LogP contribution in [0.2, 0.25) is 0 Å². The minimum absolute atomic E-state index is 0.151. The SMILES string of the molecule is CCn1c(C)nnc1[C@@H](N)Cc1cnc[nH]1. The van der Waals surface area contributed by atoms with Gasteiger partial charge in [-0.3, -0.25) is 0 Å². The molecule has 0 saturated heterocycles. The van der Waals surface area contributed by atoms with E-state index in [1.54, 1.807) is 12.5 Å². The lowest BCUT2D eigenvalue weighted by Gasteiger charge is -2.11. The zero-order valence-corrected chi connectivity index (χ0v) is 9.51. The number of hydrogen-bond acceptors (Lipinski definition) is 4. The van der Waals surface area contributed by atoms with Crippen molar-refractivity contribution in [1.29, 1.82) is 0 Å². The molecule has 6 heteroatoms. The van der Waals surface area contributed by atoms with Crippen LogP contribution < -0.4 is 5.73 Å². The number of rotatable bonds is 4. The molecule has 1 atom stereocenters. The summed E-state index contributed by atoms with van der Waals surface area (Å²) in [5.74, 6) is 1.73. The van der Waals surface area contributed by atoms with Gasteiger partial charge in [-0.15, -0.1) is 10.2 Å². The Morgan fingerprint density at radius 1 is 1.50 bits per heavy atom. The summed E-state index contributed by atoms with van der Waals surface area (Å²) in [6.45, 7) is 4.83. The van der Waals surface area contributed by atoms with E-state index in [9.17, 15) is 0 Å². The minimum atomic E-state index is -0.151. The molecular formula is C10H16N6. The van der Waals surface area contributed by atoms with Gasteiger partial charge in [0.2, 0.25) is 0 Å². The Hall–Kier alpha value is -1.69. The van der Waals surface area contributed by atoms with E-state index in [1.165, 1.54) is 0 Å². The van der Waals surface area contributed by atoms with E-state index in [2.05, 4.69) is 27.1 Å². The largest absolute Gasteiger partial charge is 0.348 e. The number of aryl methyl sites for hydroxylation is 1. The molecule has 6 nitrogen and oxygen atoms in total. The number of hydrogen-bond donors (Lipinski definition) is 2. The summed E-state index contributed by atoms with van der Waals surface area (Å²) >= 11 is 0. The molecule has 0 unspecified atom stereocenters. The third-order valence-electron chi connectivity index (χ3n) is 2.61. The van der Waals surface area contributed by atoms with Gasteiger partial charge >= 0.3 is 0 Å². The molecule has 0 saturated carbocycles. The molecule has 2 rings (SSSR count). The van der Waals surface area contributed by atoms with Crippen molar-refractivity contribution < 1.29 is 0 Å². The number of nitrogens with one attached hydrogen (secondary N) is 1. The molecule has 0 spiro atoms. The van der Waals surface area contributed by atoms with Crippen molar-refractivity contribution in [2.75, 3.05) is 0 Å². The number of nitrogens with two attached hydrogens (primary N) is 1. The van der Waals surface area contributed by atoms with Gasteiger partial charge in [-0.2, -0.15) is 0 Å². The second-order valence-corrected chi connectivity index (χ2v) is 3.74. The van der Waals surface area contributed by atoms with Gasteiger partial charge in [0.05, 0.1) is 12.4 Å². The molecule has 0 bridgehead atoms. The van der Waals surface area contributed by atoms with Gasteiger partial charge in [-0.05, 0) is 13.8 Å². The molecule has 16 heavy (non-hydrogen) atoms. The molecule has 0 fully saturated rings. The fraction of sp³-hybridized carbons (Fsp3) is 0.500. The van der Waals surface area contributed by atoms with Crippen LogP contribution in [0.3, 0.4) is 0 Å². The van der Waals surface area contributed by atoms with Crippen LogP contribution in [0.4, 0.5) is 0 Å². The topological polar surface area (TPSA) is 85.4 Å². The van der Waals surface area contributed by atoms with Crippen molar-refractivity contribution in [3.8, 4) is 0 Å². The highest BCUT2D eigenvalue weighted by Gasteiger charge is 2.16. The Morgan fingerprint density at radius 2 is 2.31 bits per heavy atom. The summed E-state index contributed by atoms with van der Waals surface area (Å²) < 4.78 is 2.03. The maximum atomic E-state index is 6.10. The Labute approximate surface area is 93.9 Å². The first-order valence-electron chi connectivity index (χ1n) is 5.35. The monoisotopic (exact) mass is 220 g/mol. The first-order valence-corrected chi connectivity index (χ1v) is 5.35. The molecule has 86 valence electrons. The van der Waals surface area contributed by atoms with Crippen LogP contribution >= 0.6 is 0 Å². The average Bonchev–Trinajstić information content (AvgIpc) is 2.87. The van der Waals surface area contributed by atoms with Crippen molar-refractivity contribution in [3.63, 3.8) is 0 Å². The molecule has 2 heterocycles. The summed E-state index contributed by atoms with van der Waals surface area (Å²) in [5.41, 5.74) is 7.11. The zero-order valence-electron chi connectivity index (χ0n) is 9.51. The Morgan fingerprint density at radius 3 is 2.94 bits per heavy atom. The lowest BCUT2D eigenvalue weighted by Crippen LogP contribution is -2.19. The van der Waals surface area contributed by atoms with Crippen molar-refractivity contribution in [1.82, 2.24) is 24.7 Å². The molecule has 0 aromatic carbocycles. The number of aromatic amines is 1. The van der Waals surface area contributed by atoms with Crippen molar-refractivity contribution in [2.24, 2.45) is 5.73 Å². The second kappa shape index (κ2) is 4.44. The van der Waals surface area contributed by atoms with Gasteiger partial charge < -0.3 is 15.3 Å². The van der Waals surface area contributed by atoms with Gasteiger partial charge in [0.15, 0.2) is 0 Å². The quantitative estimate of drug-likeness (QED) is 0.789. The van der Waals surface area contributed by atoms with E-state index < -0.39 is 0 Å². The molecule has 0 aliphatic heterocycles. The standard InChI is InChI=1S/C10H16N6/c1-3-16-7(2)14-15-10(16)9(11)4-8-5-12-6-13-8/h5-6,9H,3-4,11H2,1-2H3,(H,12,13)/t9-/m0/s1. The second-order valence-electron chi connectivity index (χ2n) is 3.74. The van der Waals surface area contributed by atoms with Gasteiger partial charge in [0.1, 0.15) is 11.6 Å². The van der Waals surface area contributed by atoms with E-state index in [0.717, 1.165) is 23.9 Å². The fourth-order valence-electron chi connectivity index (χ4n) is 1.79. The van der Waals surface area contributed by atoms with Crippen molar-refractivity contribution in [2.45, 2.75) is 32.9 Å². The van der Waals surface area contributed by atoms with Crippen molar-refractivity contribution in [3.05, 3.63) is 29.9 Å². The smallest absolute Gasteiger partial charge is 0.150 e. The first-order chi connectivity index (χ1) is 7.72. The third kappa shape index (κ3) is 1.96. The van der Waals surface area contributed by atoms with E-state index >= 15 is 0 Å². The van der Waals surface area contributed by atoms with E-state index in [0.29, 0.717) is 6.42 Å². The summed E-state index contributed by atoms with van der Waals surface area (Å²) in [7, 11) is 0. The lowest BCUT2D eigenvalue weighted by atomic mass is 10.1. The highest BCUT2D eigenvalue weighted by molar-refractivity contribution is 5.05.